The lowest BCUT2D eigenvalue weighted by atomic mass is 10.0. The molecule has 2 heterocycles. The summed E-state index contributed by atoms with van der Waals surface area (Å²) in [7, 11) is 0. The molecule has 1 aromatic heterocycles. The van der Waals surface area contributed by atoms with Crippen molar-refractivity contribution >= 4 is 46.7 Å². The summed E-state index contributed by atoms with van der Waals surface area (Å²) in [5, 5.41) is 9.89. The Labute approximate surface area is 199 Å². The van der Waals surface area contributed by atoms with Gasteiger partial charge in [0.1, 0.15) is 11.6 Å². The van der Waals surface area contributed by atoms with E-state index in [1.165, 1.54) is 55.7 Å². The molecule has 0 unspecified atom stereocenters. The monoisotopic (exact) mass is 489 g/mol. The number of imide groups is 1. The fraction of sp³-hybridized carbons (Fsp3) is 0.409. The van der Waals surface area contributed by atoms with Crippen LogP contribution in [-0.2, 0) is 16.0 Å². The number of hydrogen-bond donors (Lipinski definition) is 2. The van der Waals surface area contributed by atoms with Crippen molar-refractivity contribution in [1.82, 2.24) is 25.4 Å². The maximum atomic E-state index is 13.8. The zero-order valence-corrected chi connectivity index (χ0v) is 19.5. The first-order chi connectivity index (χ1) is 16.0. The number of H-pyrrole nitrogens is 1. The van der Waals surface area contributed by atoms with E-state index in [0.717, 1.165) is 28.9 Å². The second-order valence-corrected chi connectivity index (χ2v) is 9.85. The maximum Gasteiger partial charge on any atom is 0.293 e. The van der Waals surface area contributed by atoms with Gasteiger partial charge >= 0.3 is 0 Å². The van der Waals surface area contributed by atoms with Gasteiger partial charge in [-0.2, -0.15) is 0 Å². The van der Waals surface area contributed by atoms with Crippen molar-refractivity contribution in [2.24, 2.45) is 5.92 Å². The number of rotatable bonds is 9. The highest BCUT2D eigenvalue weighted by molar-refractivity contribution is 8.18. The number of thioether (sulfide) groups is 2. The van der Waals surface area contributed by atoms with Gasteiger partial charge in [0.15, 0.2) is 0 Å². The van der Waals surface area contributed by atoms with Crippen LogP contribution in [0.5, 0.6) is 0 Å². The first-order valence-corrected chi connectivity index (χ1v) is 12.6. The van der Waals surface area contributed by atoms with Crippen LogP contribution in [-0.4, -0.2) is 56.0 Å². The second kappa shape index (κ2) is 11.0. The van der Waals surface area contributed by atoms with Gasteiger partial charge in [0, 0.05) is 25.1 Å². The molecule has 2 fully saturated rings. The highest BCUT2D eigenvalue weighted by Gasteiger charge is 2.34. The third kappa shape index (κ3) is 6.23. The van der Waals surface area contributed by atoms with E-state index in [1.807, 2.05) is 0 Å². The van der Waals surface area contributed by atoms with Gasteiger partial charge in [-0.05, 0) is 29.8 Å². The molecule has 2 aliphatic rings. The number of carbonyl (C=O) groups excluding carboxylic acids is 3. The quantitative estimate of drug-likeness (QED) is 0.409. The zero-order valence-electron chi connectivity index (χ0n) is 17.9. The van der Waals surface area contributed by atoms with Crippen LogP contribution in [0, 0.1) is 11.7 Å². The van der Waals surface area contributed by atoms with E-state index in [9.17, 15) is 18.8 Å². The fourth-order valence-electron chi connectivity index (χ4n) is 3.84. The molecule has 0 spiro atoms. The van der Waals surface area contributed by atoms with Gasteiger partial charge in [-0.25, -0.2) is 9.37 Å². The number of aromatic nitrogens is 3. The molecule has 1 saturated carbocycles. The molecule has 1 aromatic carbocycles. The van der Waals surface area contributed by atoms with Crippen LogP contribution in [0.25, 0.3) is 6.08 Å². The van der Waals surface area contributed by atoms with E-state index in [4.69, 9.17) is 0 Å². The minimum Gasteiger partial charge on any atom is -0.354 e. The highest BCUT2D eigenvalue weighted by Crippen LogP contribution is 2.32. The molecule has 1 aliphatic heterocycles. The van der Waals surface area contributed by atoms with Crippen LogP contribution in [0.3, 0.4) is 0 Å². The Kier molecular flexibility index (Phi) is 7.81. The highest BCUT2D eigenvalue weighted by atomic mass is 32.2. The van der Waals surface area contributed by atoms with E-state index < -0.39 is 17.0 Å². The largest absolute Gasteiger partial charge is 0.354 e. The van der Waals surface area contributed by atoms with Gasteiger partial charge in [0.05, 0.1) is 10.7 Å². The lowest BCUT2D eigenvalue weighted by Gasteiger charge is -2.12. The summed E-state index contributed by atoms with van der Waals surface area (Å²) in [4.78, 5) is 42.5. The number of aromatic amines is 1. The predicted molar refractivity (Wildman–Crippen MR) is 125 cm³/mol. The van der Waals surface area contributed by atoms with Crippen molar-refractivity contribution in [2.45, 2.75) is 37.3 Å². The average Bonchev–Trinajstić information content (AvgIpc) is 3.53. The summed E-state index contributed by atoms with van der Waals surface area (Å²) < 4.78 is 13.8. The van der Waals surface area contributed by atoms with E-state index in [1.54, 1.807) is 12.1 Å². The fourth-order valence-corrected chi connectivity index (χ4v) is 5.34. The molecule has 0 bridgehead atoms. The van der Waals surface area contributed by atoms with Crippen molar-refractivity contribution in [3.63, 3.8) is 0 Å². The summed E-state index contributed by atoms with van der Waals surface area (Å²) in [6.45, 7) is 0.174. The topological polar surface area (TPSA) is 108 Å². The van der Waals surface area contributed by atoms with Crippen LogP contribution >= 0.6 is 23.5 Å². The van der Waals surface area contributed by atoms with E-state index >= 15 is 0 Å². The van der Waals surface area contributed by atoms with Gasteiger partial charge in [-0.15, -0.1) is 5.10 Å². The SMILES string of the molecule is O=C(CSc1n[nH]c(CC2CCCC2)n1)NCCN1C(=O)S/C(=C\c2ccccc2F)C1=O. The molecule has 1 saturated heterocycles. The van der Waals surface area contributed by atoms with Crippen molar-refractivity contribution < 1.29 is 18.8 Å². The lowest BCUT2D eigenvalue weighted by molar-refractivity contribution is -0.123. The number of amides is 3. The molecule has 11 heteroatoms. The van der Waals surface area contributed by atoms with Crippen LogP contribution in [0.1, 0.15) is 37.1 Å². The van der Waals surface area contributed by atoms with Crippen molar-refractivity contribution in [3.05, 3.63) is 46.4 Å². The van der Waals surface area contributed by atoms with Gasteiger partial charge < -0.3 is 5.32 Å². The van der Waals surface area contributed by atoms with Crippen LogP contribution < -0.4 is 5.32 Å². The Morgan fingerprint density at radius 3 is 2.88 bits per heavy atom. The first kappa shape index (κ1) is 23.5. The molecular formula is C22H24FN5O3S2. The van der Waals surface area contributed by atoms with Crippen molar-refractivity contribution in [1.29, 1.82) is 0 Å². The number of nitrogens with zero attached hydrogens (tertiary/aromatic N) is 3. The second-order valence-electron chi connectivity index (χ2n) is 7.91. The van der Waals surface area contributed by atoms with Crippen LogP contribution in [0.4, 0.5) is 9.18 Å². The van der Waals surface area contributed by atoms with Gasteiger partial charge in [0.25, 0.3) is 11.1 Å². The lowest BCUT2D eigenvalue weighted by Crippen LogP contribution is -2.37. The molecular weight excluding hydrogens is 465 g/mol. The van der Waals surface area contributed by atoms with Crippen molar-refractivity contribution in [2.75, 3.05) is 18.8 Å². The summed E-state index contributed by atoms with van der Waals surface area (Å²) in [5.74, 6) is 0.452. The Balaban J connectivity index is 1.20. The van der Waals surface area contributed by atoms with Gasteiger partial charge in [-0.1, -0.05) is 55.6 Å². The normalized spacial score (nSPS) is 18.0. The standard InChI is InChI=1S/C22H24FN5O3S2/c23-16-8-4-3-7-15(16)12-17-20(30)28(22(31)33-17)10-9-24-19(29)13-32-21-25-18(26-27-21)11-14-5-1-2-6-14/h3-4,7-8,12,14H,1-2,5-6,9-11,13H2,(H,24,29)(H,25,26,27)/b17-12-. The molecule has 174 valence electrons. The Morgan fingerprint density at radius 2 is 2.09 bits per heavy atom. The van der Waals surface area contributed by atoms with E-state index in [-0.39, 0.29) is 35.2 Å². The smallest absolute Gasteiger partial charge is 0.293 e. The number of benzene rings is 1. The van der Waals surface area contributed by atoms with Gasteiger partial charge in [0.2, 0.25) is 11.1 Å². The molecule has 3 amide bonds. The summed E-state index contributed by atoms with van der Waals surface area (Å²) in [6, 6.07) is 6.03. The number of hydrogen-bond acceptors (Lipinski definition) is 7. The predicted octanol–water partition coefficient (Wildman–Crippen LogP) is 3.62. The zero-order chi connectivity index (χ0) is 23.2. The molecule has 0 radical (unpaired) electrons. The molecule has 2 N–H and O–H groups in total. The van der Waals surface area contributed by atoms with Crippen LogP contribution in [0.15, 0.2) is 34.3 Å². The third-order valence-electron chi connectivity index (χ3n) is 5.52. The Bertz CT molecular complexity index is 1070. The van der Waals surface area contributed by atoms with E-state index in [2.05, 4.69) is 20.5 Å². The molecule has 33 heavy (non-hydrogen) atoms. The maximum absolute atomic E-state index is 13.8. The van der Waals surface area contributed by atoms with E-state index in [0.29, 0.717) is 11.1 Å². The number of carbonyl (C=O) groups is 3. The van der Waals surface area contributed by atoms with Crippen molar-refractivity contribution in [3.8, 4) is 0 Å². The summed E-state index contributed by atoms with van der Waals surface area (Å²) in [5.41, 5.74) is 0.242. The molecule has 2 aromatic rings. The molecule has 0 atom stereocenters. The minimum atomic E-state index is -0.493. The Hall–Kier alpha value is -2.66. The number of nitrogens with one attached hydrogen (secondary N) is 2. The van der Waals surface area contributed by atoms with Gasteiger partial charge in [-0.3, -0.25) is 24.4 Å². The summed E-state index contributed by atoms with van der Waals surface area (Å²) in [6.07, 6.45) is 7.27. The molecule has 8 nitrogen and oxygen atoms in total. The molecule has 1 aliphatic carbocycles. The number of halogens is 1. The molecule has 4 rings (SSSR count). The minimum absolute atomic E-state index is 0.0435. The first-order valence-electron chi connectivity index (χ1n) is 10.8. The van der Waals surface area contributed by atoms with Crippen LogP contribution in [0.2, 0.25) is 0 Å². The average molecular weight is 490 g/mol. The third-order valence-corrected chi connectivity index (χ3v) is 7.28. The Morgan fingerprint density at radius 1 is 1.30 bits per heavy atom. The summed E-state index contributed by atoms with van der Waals surface area (Å²) >= 11 is 1.99.